The Morgan fingerprint density at radius 1 is 0.552 bits per heavy atom. The number of phosphoric ester groups is 1. The molecule has 0 bridgehead atoms. The molecule has 0 saturated heterocycles. The normalized spacial score (nSPS) is 14.4. The van der Waals surface area contributed by atoms with Crippen LogP contribution in [-0.2, 0) is 37.5 Å². The second-order valence-corrected chi connectivity index (χ2v) is 15.9. The van der Waals surface area contributed by atoms with Gasteiger partial charge in [0.1, 0.15) is 12.6 Å². The molecular weight excluding hydrogens is 757 g/mol. The van der Waals surface area contributed by atoms with Crippen molar-refractivity contribution in [1.29, 1.82) is 0 Å². The highest BCUT2D eigenvalue weighted by atomic mass is 31.2. The van der Waals surface area contributed by atoms with Gasteiger partial charge in [-0.15, -0.1) is 0 Å². The molecule has 4 N–H and O–H groups in total. The number of carbonyl (C=O) groups excluding carboxylic acids is 2. The van der Waals surface area contributed by atoms with Crippen LogP contribution in [0.3, 0.4) is 0 Å². The minimum Gasteiger partial charge on any atom is -0.480 e. The first-order valence-electron chi connectivity index (χ1n) is 22.0. The maximum atomic E-state index is 12.6. The van der Waals surface area contributed by atoms with E-state index in [0.29, 0.717) is 12.8 Å². The molecule has 0 radical (unpaired) electrons. The van der Waals surface area contributed by atoms with Crippen LogP contribution < -0.4 is 5.73 Å². The van der Waals surface area contributed by atoms with Gasteiger partial charge in [0.05, 0.1) is 13.2 Å². The summed E-state index contributed by atoms with van der Waals surface area (Å²) in [5.41, 5.74) is 5.33. The third-order valence-corrected chi connectivity index (χ3v) is 9.89. The number of allylic oxidation sites excluding steroid dienone is 12. The van der Waals surface area contributed by atoms with Crippen molar-refractivity contribution >= 4 is 25.7 Å². The van der Waals surface area contributed by atoms with Crippen molar-refractivity contribution < 1.29 is 47.5 Å². The van der Waals surface area contributed by atoms with Crippen molar-refractivity contribution in [3.63, 3.8) is 0 Å². The Labute approximate surface area is 350 Å². The van der Waals surface area contributed by atoms with Gasteiger partial charge in [0.25, 0.3) is 0 Å². The van der Waals surface area contributed by atoms with Crippen LogP contribution in [0.2, 0.25) is 0 Å². The van der Waals surface area contributed by atoms with Crippen molar-refractivity contribution in [3.8, 4) is 0 Å². The number of hydrogen-bond acceptors (Lipinski definition) is 9. The van der Waals surface area contributed by atoms with Crippen molar-refractivity contribution in [2.24, 2.45) is 5.73 Å². The van der Waals surface area contributed by atoms with Gasteiger partial charge in [-0.25, -0.2) is 4.57 Å². The highest BCUT2D eigenvalue weighted by Gasteiger charge is 2.28. The molecule has 0 aliphatic carbocycles. The topological polar surface area (TPSA) is 172 Å². The maximum absolute atomic E-state index is 12.6. The van der Waals surface area contributed by atoms with Crippen LogP contribution in [0.4, 0.5) is 0 Å². The van der Waals surface area contributed by atoms with Crippen LogP contribution in [0.15, 0.2) is 72.9 Å². The van der Waals surface area contributed by atoms with Gasteiger partial charge in [-0.3, -0.25) is 23.4 Å². The van der Waals surface area contributed by atoms with Crippen LogP contribution in [-0.4, -0.2) is 59.9 Å². The summed E-state index contributed by atoms with van der Waals surface area (Å²) in [4.78, 5) is 46.0. The summed E-state index contributed by atoms with van der Waals surface area (Å²) in [5.74, 6) is -2.44. The molecule has 0 saturated carbocycles. The molecule has 0 heterocycles. The lowest BCUT2D eigenvalue weighted by atomic mass is 10.1. The lowest BCUT2D eigenvalue weighted by Crippen LogP contribution is -2.34. The smallest absolute Gasteiger partial charge is 0.472 e. The predicted molar refractivity (Wildman–Crippen MR) is 235 cm³/mol. The standard InChI is InChI=1S/C46H78NO10P/c1-3-5-7-9-11-13-15-17-19-20-21-22-24-25-27-29-31-33-35-37-44(48)54-39-42(40-55-58(52,53)56-41-43(47)46(50)51)57-45(49)38-36-34-32-30-28-26-23-18-16-14-12-10-8-6-4-2/h5,7,11,13,17-19,21-23,25,27,42-43H,3-4,6,8-10,12,14-16,20,24,26,28-41,47H2,1-2H3,(H,50,51)(H,52,53)/b7-5-,13-11-,19-17-,22-21-,23-18-,27-25-/t42-,43+/m1/s1. The van der Waals surface area contributed by atoms with E-state index in [1.807, 2.05) is 0 Å². The van der Waals surface area contributed by atoms with E-state index >= 15 is 0 Å². The first-order chi connectivity index (χ1) is 28.1. The van der Waals surface area contributed by atoms with Crippen molar-refractivity contribution in [2.75, 3.05) is 19.8 Å². The average Bonchev–Trinajstić information content (AvgIpc) is 3.20. The number of aliphatic carboxylic acids is 1. The number of phosphoric acid groups is 1. The first-order valence-corrected chi connectivity index (χ1v) is 23.5. The lowest BCUT2D eigenvalue weighted by Gasteiger charge is -2.20. The van der Waals surface area contributed by atoms with Gasteiger partial charge < -0.3 is 25.2 Å². The van der Waals surface area contributed by atoms with Crippen molar-refractivity contribution in [3.05, 3.63) is 72.9 Å². The zero-order valence-electron chi connectivity index (χ0n) is 35.9. The molecule has 0 aliphatic heterocycles. The van der Waals surface area contributed by atoms with Crippen LogP contribution in [0.25, 0.3) is 0 Å². The summed E-state index contributed by atoms with van der Waals surface area (Å²) in [5, 5.41) is 8.89. The maximum Gasteiger partial charge on any atom is 0.472 e. The summed E-state index contributed by atoms with van der Waals surface area (Å²) in [7, 11) is -4.73. The first kappa shape index (κ1) is 54.9. The fourth-order valence-corrected chi connectivity index (χ4v) is 6.27. The van der Waals surface area contributed by atoms with E-state index in [0.717, 1.165) is 89.9 Å². The number of carboxylic acids is 1. The summed E-state index contributed by atoms with van der Waals surface area (Å²) >= 11 is 0. The van der Waals surface area contributed by atoms with Gasteiger partial charge in [0.2, 0.25) is 0 Å². The SMILES string of the molecule is CC/C=C\C/C=C\C/C=C\C/C=C\C/C=C\CCCCCC(=O)OC[C@H](COP(=O)(O)OC[C@H](N)C(=O)O)OC(=O)CCCCCCC/C=C\CCCCCCCC. The van der Waals surface area contributed by atoms with Crippen molar-refractivity contribution in [2.45, 2.75) is 180 Å². The minimum absolute atomic E-state index is 0.140. The Kier molecular flexibility index (Phi) is 38.5. The van der Waals surface area contributed by atoms with Gasteiger partial charge in [-0.2, -0.15) is 0 Å². The van der Waals surface area contributed by atoms with E-state index in [2.05, 4.69) is 91.3 Å². The molecule has 11 nitrogen and oxygen atoms in total. The Hall–Kier alpha value is -3.08. The molecule has 58 heavy (non-hydrogen) atoms. The van der Waals surface area contributed by atoms with E-state index in [9.17, 15) is 23.8 Å². The Morgan fingerprint density at radius 3 is 1.48 bits per heavy atom. The predicted octanol–water partition coefficient (Wildman–Crippen LogP) is 11.7. The minimum atomic E-state index is -4.73. The summed E-state index contributed by atoms with van der Waals surface area (Å²) in [6.45, 7) is 2.63. The number of ether oxygens (including phenoxy) is 2. The number of rotatable bonds is 40. The summed E-state index contributed by atoms with van der Waals surface area (Å²) in [6.07, 6.45) is 48.2. The fourth-order valence-electron chi connectivity index (χ4n) is 5.50. The van der Waals surface area contributed by atoms with E-state index in [4.69, 9.17) is 24.8 Å². The Bertz CT molecular complexity index is 1260. The largest absolute Gasteiger partial charge is 0.480 e. The molecular formula is C46H78NO10P. The van der Waals surface area contributed by atoms with Gasteiger partial charge in [-0.05, 0) is 83.5 Å². The van der Waals surface area contributed by atoms with Crippen LogP contribution in [0, 0.1) is 0 Å². The molecule has 0 aromatic rings. The number of hydrogen-bond donors (Lipinski definition) is 3. The number of esters is 2. The van der Waals surface area contributed by atoms with E-state index in [1.54, 1.807) is 0 Å². The Morgan fingerprint density at radius 2 is 0.966 bits per heavy atom. The van der Waals surface area contributed by atoms with Gasteiger partial charge >= 0.3 is 25.7 Å². The average molecular weight is 836 g/mol. The summed E-state index contributed by atoms with van der Waals surface area (Å²) < 4.78 is 32.7. The molecule has 12 heteroatoms. The molecule has 0 spiro atoms. The molecule has 0 aromatic carbocycles. The van der Waals surface area contributed by atoms with Crippen molar-refractivity contribution in [1.82, 2.24) is 0 Å². The highest BCUT2D eigenvalue weighted by Crippen LogP contribution is 2.43. The van der Waals surface area contributed by atoms with Crippen LogP contribution in [0.1, 0.15) is 168 Å². The van der Waals surface area contributed by atoms with E-state index in [1.165, 1.54) is 38.5 Å². The zero-order chi connectivity index (χ0) is 42.8. The number of unbranched alkanes of at least 4 members (excludes halogenated alkanes) is 14. The molecule has 0 rings (SSSR count). The van der Waals surface area contributed by atoms with Crippen LogP contribution in [0.5, 0.6) is 0 Å². The monoisotopic (exact) mass is 836 g/mol. The van der Waals surface area contributed by atoms with Gasteiger partial charge in [0.15, 0.2) is 6.10 Å². The van der Waals surface area contributed by atoms with E-state index in [-0.39, 0.29) is 19.4 Å². The molecule has 1 unspecified atom stereocenters. The fraction of sp³-hybridized carbons (Fsp3) is 0.674. The Balaban J connectivity index is 4.44. The third-order valence-electron chi connectivity index (χ3n) is 8.94. The second kappa shape index (κ2) is 40.7. The molecule has 0 aliphatic rings. The molecule has 0 amide bonds. The zero-order valence-corrected chi connectivity index (χ0v) is 36.8. The van der Waals surface area contributed by atoms with Crippen LogP contribution >= 0.6 is 7.82 Å². The molecule has 332 valence electrons. The number of nitrogens with two attached hydrogens (primary N) is 1. The molecule has 0 fully saturated rings. The quantitative estimate of drug-likeness (QED) is 0.0232. The van der Waals surface area contributed by atoms with Gasteiger partial charge in [-0.1, -0.05) is 145 Å². The molecule has 0 aromatic heterocycles. The third kappa shape index (κ3) is 39.7. The molecule has 3 atom stereocenters. The van der Waals surface area contributed by atoms with E-state index < -0.39 is 51.1 Å². The lowest BCUT2D eigenvalue weighted by molar-refractivity contribution is -0.161. The number of carbonyl (C=O) groups is 3. The van der Waals surface area contributed by atoms with Gasteiger partial charge in [0, 0.05) is 12.8 Å². The second-order valence-electron chi connectivity index (χ2n) is 14.4. The number of carboxylic acid groups (broad SMARTS) is 1. The summed E-state index contributed by atoms with van der Waals surface area (Å²) in [6, 6.07) is -1.53. The highest BCUT2D eigenvalue weighted by molar-refractivity contribution is 7.47.